The summed E-state index contributed by atoms with van der Waals surface area (Å²) in [4.78, 5) is 82.3. The van der Waals surface area contributed by atoms with Crippen molar-refractivity contribution in [3.63, 3.8) is 0 Å². The van der Waals surface area contributed by atoms with Gasteiger partial charge in [-0.25, -0.2) is 17.6 Å². The minimum atomic E-state index is -1.04. The molecule has 5 aromatic rings. The van der Waals surface area contributed by atoms with E-state index in [0.717, 1.165) is 29.8 Å². The molecule has 6 atom stereocenters. The van der Waals surface area contributed by atoms with E-state index in [9.17, 15) is 51.4 Å². The monoisotopic (exact) mass is 1090 g/mol. The number of hydrogen-bond acceptors (Lipinski definition) is 11. The van der Waals surface area contributed by atoms with Crippen LogP contribution in [-0.4, -0.2) is 111 Å². The van der Waals surface area contributed by atoms with E-state index in [0.29, 0.717) is 0 Å². The normalized spacial score (nSPS) is 19.9. The molecule has 402 valence electrons. The van der Waals surface area contributed by atoms with Gasteiger partial charge in [-0.15, -0.1) is 0 Å². The van der Waals surface area contributed by atoms with Gasteiger partial charge in [-0.2, -0.15) is 0 Å². The summed E-state index contributed by atoms with van der Waals surface area (Å²) in [6.07, 6.45) is 8.84. The number of nitrogens with zero attached hydrogens (tertiary/aromatic N) is 4. The van der Waals surface area contributed by atoms with Crippen LogP contribution in [0.4, 0.5) is 17.6 Å². The molecule has 0 spiro atoms. The van der Waals surface area contributed by atoms with Crippen molar-refractivity contribution in [1.82, 2.24) is 29.6 Å². The lowest BCUT2D eigenvalue weighted by Gasteiger charge is -2.39. The van der Waals surface area contributed by atoms with E-state index < -0.39 is 103 Å². The lowest BCUT2D eigenvalue weighted by molar-refractivity contribution is 0.0427. The van der Waals surface area contributed by atoms with Gasteiger partial charge in [0.05, 0.1) is 24.3 Å². The number of rotatable bonds is 11. The Morgan fingerprint density at radius 2 is 1.11 bits per heavy atom. The Kier molecular flexibility index (Phi) is 17.9. The molecule has 0 aliphatic carbocycles. The number of halogens is 6. The fourth-order valence-corrected chi connectivity index (χ4v) is 9.39. The predicted octanol–water partition coefficient (Wildman–Crippen LogP) is 6.64. The molecule has 2 aromatic heterocycles. The third-order valence-electron chi connectivity index (χ3n) is 13.1. The number of aromatic hydroxyl groups is 1. The Morgan fingerprint density at radius 3 is 1.57 bits per heavy atom. The standard InChI is InChI=1S/C29H26ClF2N3O5.C22H20ClF2N3O5.C2H6O/c1-16-8-11-22(39-2)21-14-34(16)29(38)25-27(40-15-17-6-4-3-5-7-17)26(36)19(13-35(21)25)28(37)33-12-18-9-10-20(31)23(30)24(18)32;1-10-3-6-15(33-2)14-9-27(10)22(32)18-20(30)19(29)12(8-28(14)18)21(31)26-7-11-4-5-13(24)16(23)17(11)25;1-2-3/h3-11,13,16,21-22H,12,14-15H2,1-2H3,(H,33,37);3-6,8,10,14-15,30H,7,9H2,1-2H3,(H,26,31);3H,2H2,1H3/t16-,21+,22-;10-,14+,15-;/m00./s1. The highest BCUT2D eigenvalue weighted by atomic mass is 35.5. The van der Waals surface area contributed by atoms with Crippen LogP contribution in [0.5, 0.6) is 11.5 Å². The summed E-state index contributed by atoms with van der Waals surface area (Å²) in [5.74, 6) is -7.75. The second-order valence-corrected chi connectivity index (χ2v) is 18.5. The highest BCUT2D eigenvalue weighted by molar-refractivity contribution is 6.31. The number of benzene rings is 3. The minimum absolute atomic E-state index is 0.0164. The maximum absolute atomic E-state index is 14.4. The summed E-state index contributed by atoms with van der Waals surface area (Å²) >= 11 is 11.2. The van der Waals surface area contributed by atoms with Crippen molar-refractivity contribution < 1.29 is 61.2 Å². The van der Waals surface area contributed by atoms with Gasteiger partial charge in [0.15, 0.2) is 22.9 Å². The predicted molar refractivity (Wildman–Crippen MR) is 271 cm³/mol. The second kappa shape index (κ2) is 24.1. The van der Waals surface area contributed by atoms with Crippen LogP contribution < -0.4 is 26.2 Å². The van der Waals surface area contributed by atoms with Crippen LogP contribution >= 0.6 is 23.2 Å². The van der Waals surface area contributed by atoms with Crippen molar-refractivity contribution in [3.05, 3.63) is 184 Å². The molecule has 17 nitrogen and oxygen atoms in total. The van der Waals surface area contributed by atoms with Gasteiger partial charge in [-0.3, -0.25) is 28.8 Å². The number of methoxy groups -OCH3 is 2. The molecule has 9 rings (SSSR count). The van der Waals surface area contributed by atoms with Crippen molar-refractivity contribution in [3.8, 4) is 11.5 Å². The first kappa shape index (κ1) is 56.4. The maximum Gasteiger partial charge on any atom is 0.275 e. The largest absolute Gasteiger partial charge is 0.503 e. The number of aromatic nitrogens is 2. The number of fused-ring (bicyclic) bond motifs is 8. The van der Waals surface area contributed by atoms with E-state index in [1.807, 2.05) is 37.3 Å². The Balaban J connectivity index is 0.000000214. The highest BCUT2D eigenvalue weighted by Gasteiger charge is 2.43. The van der Waals surface area contributed by atoms with E-state index in [4.69, 9.17) is 42.5 Å². The van der Waals surface area contributed by atoms with E-state index in [-0.39, 0.29) is 85.3 Å². The average molecular weight is 1100 g/mol. The van der Waals surface area contributed by atoms with Crippen molar-refractivity contribution in [2.24, 2.45) is 0 Å². The average Bonchev–Trinajstić information content (AvgIpc) is 3.66. The fourth-order valence-electron chi connectivity index (χ4n) is 9.02. The molecular formula is C53H52Cl2F4N6O11. The van der Waals surface area contributed by atoms with Crippen LogP contribution in [0.25, 0.3) is 0 Å². The SMILES string of the molecule is CCO.CO[C@H]1C=C[C@H](C)N2C[C@H]1n1cc(C(=O)NCc3ccc(F)c(Cl)c3F)c(=O)c(O)c1C2=O.CO[C@H]1C=C[C@H](C)N2C[C@H]1n1cc(C(=O)NCc3ccc(F)c(Cl)c3F)c(=O)c(OCc3ccccc3)c1C2=O. The quantitative estimate of drug-likeness (QED) is 0.0626. The summed E-state index contributed by atoms with van der Waals surface area (Å²) in [5, 5.41) is 21.6. The molecule has 4 bridgehead atoms. The molecule has 4 N–H and O–H groups in total. The third kappa shape index (κ3) is 11.3. The van der Waals surface area contributed by atoms with Crippen molar-refractivity contribution in [2.75, 3.05) is 33.9 Å². The third-order valence-corrected chi connectivity index (χ3v) is 13.8. The molecule has 76 heavy (non-hydrogen) atoms. The van der Waals surface area contributed by atoms with E-state index in [2.05, 4.69) is 10.6 Å². The van der Waals surface area contributed by atoms with E-state index in [1.54, 1.807) is 47.6 Å². The lowest BCUT2D eigenvalue weighted by Crippen LogP contribution is -2.49. The molecule has 0 unspecified atom stereocenters. The maximum atomic E-state index is 14.4. The lowest BCUT2D eigenvalue weighted by atomic mass is 10.0. The number of carbonyl (C=O) groups is 4. The number of ether oxygens (including phenoxy) is 3. The van der Waals surface area contributed by atoms with Crippen LogP contribution in [0.2, 0.25) is 10.0 Å². The van der Waals surface area contributed by atoms with Crippen LogP contribution in [0.3, 0.4) is 0 Å². The Labute approximate surface area is 442 Å². The number of aliphatic hydroxyl groups is 1. The summed E-state index contributed by atoms with van der Waals surface area (Å²) < 4.78 is 75.5. The molecule has 23 heteroatoms. The molecule has 4 aliphatic heterocycles. The van der Waals surface area contributed by atoms with E-state index in [1.165, 1.54) is 36.1 Å². The van der Waals surface area contributed by atoms with Gasteiger partial charge in [0.25, 0.3) is 23.6 Å². The molecule has 3 aromatic carbocycles. The highest BCUT2D eigenvalue weighted by Crippen LogP contribution is 2.36. The van der Waals surface area contributed by atoms with Crippen LogP contribution in [0.1, 0.15) is 91.2 Å². The summed E-state index contributed by atoms with van der Waals surface area (Å²) in [5.41, 5.74) is -2.20. The van der Waals surface area contributed by atoms with Gasteiger partial charge in [0.1, 0.15) is 51.0 Å². The van der Waals surface area contributed by atoms with Gasteiger partial charge in [-0.1, -0.05) is 90.0 Å². The zero-order valence-corrected chi connectivity index (χ0v) is 43.0. The molecule has 0 saturated heterocycles. The minimum Gasteiger partial charge on any atom is -0.503 e. The molecule has 4 aliphatic rings. The van der Waals surface area contributed by atoms with Gasteiger partial charge in [-0.05, 0) is 38.5 Å². The molecule has 0 fully saturated rings. The first-order valence-corrected chi connectivity index (χ1v) is 24.4. The fraction of sp³-hybridized carbons (Fsp3) is 0.321. The Hall–Kier alpha value is -7.30. The topological polar surface area (TPSA) is 211 Å². The van der Waals surface area contributed by atoms with Crippen molar-refractivity contribution in [1.29, 1.82) is 0 Å². The molecular weight excluding hydrogens is 1040 g/mol. The van der Waals surface area contributed by atoms with Crippen LogP contribution in [0, 0.1) is 23.3 Å². The summed E-state index contributed by atoms with van der Waals surface area (Å²) in [6, 6.07) is 11.8. The zero-order valence-electron chi connectivity index (χ0n) is 41.5. The second-order valence-electron chi connectivity index (χ2n) is 17.8. The Morgan fingerprint density at radius 1 is 0.671 bits per heavy atom. The Bertz CT molecular complexity index is 3250. The molecule has 0 saturated carbocycles. The number of nitrogens with one attached hydrogen (secondary N) is 2. The molecule has 4 amide bonds. The van der Waals surface area contributed by atoms with Gasteiger partial charge in [0, 0.05) is 82.6 Å². The van der Waals surface area contributed by atoms with Crippen molar-refractivity contribution in [2.45, 2.75) is 76.8 Å². The van der Waals surface area contributed by atoms with Crippen LogP contribution in [-0.2, 0) is 29.2 Å². The number of aliphatic hydroxyl groups excluding tert-OH is 1. The van der Waals surface area contributed by atoms with E-state index >= 15 is 0 Å². The summed E-state index contributed by atoms with van der Waals surface area (Å²) in [7, 11) is 3.03. The molecule has 0 radical (unpaired) electrons. The van der Waals surface area contributed by atoms with Crippen molar-refractivity contribution >= 4 is 46.8 Å². The van der Waals surface area contributed by atoms with Crippen LogP contribution in [0.15, 0.2) is 101 Å². The first-order valence-electron chi connectivity index (χ1n) is 23.7. The molecule has 6 heterocycles. The number of carbonyl (C=O) groups excluding carboxylic acids is 4. The first-order chi connectivity index (χ1) is 36.3. The van der Waals surface area contributed by atoms with Gasteiger partial charge < -0.3 is 54.0 Å². The number of hydrogen-bond donors (Lipinski definition) is 4. The smallest absolute Gasteiger partial charge is 0.275 e. The number of amides is 4. The van der Waals surface area contributed by atoms with Gasteiger partial charge in [0.2, 0.25) is 10.9 Å². The van der Waals surface area contributed by atoms with Gasteiger partial charge >= 0.3 is 0 Å². The number of pyridine rings is 2. The summed E-state index contributed by atoms with van der Waals surface area (Å²) in [6.45, 7) is 5.35. The zero-order chi connectivity index (χ0) is 55.3.